The van der Waals surface area contributed by atoms with Crippen LogP contribution in [0, 0.1) is 0 Å². The van der Waals surface area contributed by atoms with Gasteiger partial charge in [0, 0.05) is 15.4 Å². The third kappa shape index (κ3) is 5.28. The number of carbonyl (C=O) groups is 1. The zero-order chi connectivity index (χ0) is 27.5. The molecular weight excluding hydrogens is 566 g/mol. The lowest BCUT2D eigenvalue weighted by Crippen LogP contribution is -2.26. The minimum atomic E-state index is -0.899. The van der Waals surface area contributed by atoms with Crippen molar-refractivity contribution in [1.82, 2.24) is 9.66 Å². The molecule has 2 aromatic heterocycles. The SMILES string of the molecule is CCOC(=O)[C@H](C)Oc1c(C=Nn2c(-c3cc4cc(Br)ccc4o3)nc3ccccc3c2=O)cccc1OC. The largest absolute Gasteiger partial charge is 0.493 e. The molecule has 5 rings (SSSR count). The standard InChI is InChI=1S/C29H24BrN3O6/c1-4-37-29(35)17(2)38-26-18(8-7-11-24(26)36-3)16-31-33-27(32-22-10-6-5-9-21(22)28(33)34)25-15-19-14-20(30)12-13-23(19)39-25/h5-17H,4H2,1-3H3/t17-/m0/s1. The molecule has 10 heteroatoms. The number of fused-ring (bicyclic) bond motifs is 2. The summed E-state index contributed by atoms with van der Waals surface area (Å²) >= 11 is 3.47. The van der Waals surface area contributed by atoms with Gasteiger partial charge in [-0.2, -0.15) is 9.78 Å². The first-order chi connectivity index (χ1) is 18.9. The van der Waals surface area contributed by atoms with Crippen molar-refractivity contribution in [3.05, 3.63) is 87.1 Å². The molecule has 0 radical (unpaired) electrons. The Hall–Kier alpha value is -4.44. The van der Waals surface area contributed by atoms with Crippen LogP contribution in [0.25, 0.3) is 33.5 Å². The Morgan fingerprint density at radius 3 is 2.77 bits per heavy atom. The molecule has 3 aromatic carbocycles. The Balaban J connectivity index is 1.64. The highest BCUT2D eigenvalue weighted by Crippen LogP contribution is 2.32. The molecule has 0 amide bonds. The van der Waals surface area contributed by atoms with Crippen LogP contribution in [0.4, 0.5) is 0 Å². The zero-order valence-electron chi connectivity index (χ0n) is 21.4. The van der Waals surface area contributed by atoms with Gasteiger partial charge in [-0.15, -0.1) is 0 Å². The van der Waals surface area contributed by atoms with Crippen LogP contribution in [0.2, 0.25) is 0 Å². The van der Waals surface area contributed by atoms with Crippen LogP contribution in [0.3, 0.4) is 0 Å². The van der Waals surface area contributed by atoms with Gasteiger partial charge in [-0.05, 0) is 62.4 Å². The van der Waals surface area contributed by atoms with Gasteiger partial charge in [-0.3, -0.25) is 4.79 Å². The minimum Gasteiger partial charge on any atom is -0.493 e. The van der Waals surface area contributed by atoms with E-state index < -0.39 is 12.1 Å². The third-order valence-electron chi connectivity index (χ3n) is 5.91. The second kappa shape index (κ2) is 11.1. The molecule has 0 saturated heterocycles. The highest BCUT2D eigenvalue weighted by atomic mass is 79.9. The Kier molecular flexibility index (Phi) is 7.47. The molecule has 0 spiro atoms. The predicted octanol–water partition coefficient (Wildman–Crippen LogP) is 5.79. The summed E-state index contributed by atoms with van der Waals surface area (Å²) in [6, 6.07) is 19.6. The molecule has 0 aliphatic heterocycles. The van der Waals surface area contributed by atoms with Crippen molar-refractivity contribution in [3.8, 4) is 23.1 Å². The van der Waals surface area contributed by atoms with Gasteiger partial charge in [0.2, 0.25) is 5.82 Å². The number of esters is 1. The van der Waals surface area contributed by atoms with E-state index in [2.05, 4.69) is 21.0 Å². The van der Waals surface area contributed by atoms with Crippen LogP contribution in [-0.4, -0.2) is 41.7 Å². The topological polar surface area (TPSA) is 105 Å². The number of aromatic nitrogens is 2. The van der Waals surface area contributed by atoms with Gasteiger partial charge in [-0.1, -0.05) is 34.1 Å². The second-order valence-electron chi connectivity index (χ2n) is 8.50. The Morgan fingerprint density at radius 2 is 1.97 bits per heavy atom. The maximum atomic E-state index is 13.6. The predicted molar refractivity (Wildman–Crippen MR) is 152 cm³/mol. The lowest BCUT2D eigenvalue weighted by atomic mass is 10.2. The zero-order valence-corrected chi connectivity index (χ0v) is 23.0. The van der Waals surface area contributed by atoms with Crippen molar-refractivity contribution >= 4 is 50.0 Å². The van der Waals surface area contributed by atoms with Crippen molar-refractivity contribution in [1.29, 1.82) is 0 Å². The summed E-state index contributed by atoms with van der Waals surface area (Å²) in [5.74, 6) is 0.761. The van der Waals surface area contributed by atoms with E-state index in [4.69, 9.17) is 23.6 Å². The number of para-hydroxylation sites is 2. The van der Waals surface area contributed by atoms with E-state index in [1.807, 2.05) is 30.3 Å². The molecule has 0 fully saturated rings. The van der Waals surface area contributed by atoms with E-state index in [1.54, 1.807) is 50.2 Å². The fraction of sp³-hybridized carbons (Fsp3) is 0.172. The molecule has 9 nitrogen and oxygen atoms in total. The number of carbonyl (C=O) groups excluding carboxylic acids is 1. The van der Waals surface area contributed by atoms with Gasteiger partial charge in [0.25, 0.3) is 5.56 Å². The molecule has 0 unspecified atom stereocenters. The summed E-state index contributed by atoms with van der Waals surface area (Å²) in [6.07, 6.45) is 0.556. The molecule has 2 heterocycles. The number of nitrogens with zero attached hydrogens (tertiary/aromatic N) is 3. The number of rotatable bonds is 8. The van der Waals surface area contributed by atoms with Crippen molar-refractivity contribution < 1.29 is 23.4 Å². The number of furan rings is 1. The molecule has 5 aromatic rings. The van der Waals surface area contributed by atoms with Gasteiger partial charge in [0.1, 0.15) is 5.58 Å². The van der Waals surface area contributed by atoms with E-state index in [9.17, 15) is 9.59 Å². The van der Waals surface area contributed by atoms with Crippen molar-refractivity contribution in [2.45, 2.75) is 20.0 Å². The van der Waals surface area contributed by atoms with E-state index >= 15 is 0 Å². The first-order valence-electron chi connectivity index (χ1n) is 12.2. The number of methoxy groups -OCH3 is 1. The molecule has 1 atom stereocenters. The monoisotopic (exact) mass is 589 g/mol. The molecule has 0 aliphatic carbocycles. The van der Waals surface area contributed by atoms with Crippen molar-refractivity contribution in [2.75, 3.05) is 13.7 Å². The van der Waals surface area contributed by atoms with Crippen molar-refractivity contribution in [3.63, 3.8) is 0 Å². The summed E-state index contributed by atoms with van der Waals surface area (Å²) in [4.78, 5) is 30.5. The highest BCUT2D eigenvalue weighted by Gasteiger charge is 2.21. The fourth-order valence-electron chi connectivity index (χ4n) is 4.04. The van der Waals surface area contributed by atoms with Gasteiger partial charge in [-0.25, -0.2) is 9.78 Å². The molecule has 0 aliphatic rings. The van der Waals surface area contributed by atoms with E-state index in [0.29, 0.717) is 33.6 Å². The lowest BCUT2D eigenvalue weighted by Gasteiger charge is -2.17. The Bertz CT molecular complexity index is 1770. The van der Waals surface area contributed by atoms with Crippen LogP contribution in [0.1, 0.15) is 19.4 Å². The molecule has 0 N–H and O–H groups in total. The summed E-state index contributed by atoms with van der Waals surface area (Å²) < 4.78 is 24.6. The van der Waals surface area contributed by atoms with Gasteiger partial charge in [0.05, 0.1) is 30.8 Å². The third-order valence-corrected chi connectivity index (χ3v) is 6.40. The van der Waals surface area contributed by atoms with Crippen LogP contribution < -0.4 is 15.0 Å². The van der Waals surface area contributed by atoms with Crippen LogP contribution in [0.5, 0.6) is 11.5 Å². The van der Waals surface area contributed by atoms with Crippen molar-refractivity contribution in [2.24, 2.45) is 5.10 Å². The minimum absolute atomic E-state index is 0.228. The molecule has 0 bridgehead atoms. The molecule has 198 valence electrons. The summed E-state index contributed by atoms with van der Waals surface area (Å²) in [6.45, 7) is 3.53. The van der Waals surface area contributed by atoms with E-state index in [-0.39, 0.29) is 23.7 Å². The number of ether oxygens (including phenoxy) is 3. The summed E-state index contributed by atoms with van der Waals surface area (Å²) in [7, 11) is 1.49. The van der Waals surface area contributed by atoms with E-state index in [0.717, 1.165) is 9.86 Å². The maximum Gasteiger partial charge on any atom is 0.347 e. The number of hydrogen-bond acceptors (Lipinski definition) is 8. The van der Waals surface area contributed by atoms with E-state index in [1.165, 1.54) is 18.0 Å². The highest BCUT2D eigenvalue weighted by molar-refractivity contribution is 9.10. The Labute approximate surface area is 231 Å². The smallest absolute Gasteiger partial charge is 0.347 e. The summed E-state index contributed by atoms with van der Waals surface area (Å²) in [5.41, 5.74) is 1.26. The average molecular weight is 590 g/mol. The molecule has 39 heavy (non-hydrogen) atoms. The van der Waals surface area contributed by atoms with Crippen LogP contribution in [-0.2, 0) is 9.53 Å². The fourth-order valence-corrected chi connectivity index (χ4v) is 4.42. The number of halogens is 1. The van der Waals surface area contributed by atoms with Crippen LogP contribution >= 0.6 is 15.9 Å². The van der Waals surface area contributed by atoms with Gasteiger partial charge in [0.15, 0.2) is 23.4 Å². The normalized spacial score (nSPS) is 12.2. The summed E-state index contributed by atoms with van der Waals surface area (Å²) in [5, 5.41) is 5.75. The first-order valence-corrected chi connectivity index (χ1v) is 12.9. The second-order valence-corrected chi connectivity index (χ2v) is 9.41. The molecular formula is C29H24BrN3O6. The average Bonchev–Trinajstić information content (AvgIpc) is 3.36. The number of benzene rings is 3. The van der Waals surface area contributed by atoms with Crippen LogP contribution in [0.15, 0.2) is 85.5 Å². The van der Waals surface area contributed by atoms with Gasteiger partial charge < -0.3 is 18.6 Å². The quantitative estimate of drug-likeness (QED) is 0.166. The Morgan fingerprint density at radius 1 is 1.15 bits per heavy atom. The first kappa shape index (κ1) is 26.2. The molecule has 0 saturated carbocycles. The maximum absolute atomic E-state index is 13.6. The number of hydrogen-bond donors (Lipinski definition) is 0. The lowest BCUT2D eigenvalue weighted by molar-refractivity contribution is -0.150. The van der Waals surface area contributed by atoms with Gasteiger partial charge >= 0.3 is 5.97 Å².